The Hall–Kier alpha value is -0.260. The molecule has 0 aromatic carbocycles. The fourth-order valence-electron chi connectivity index (χ4n) is 5.44. The van der Waals surface area contributed by atoms with E-state index in [0.717, 1.165) is 23.2 Å². The molecule has 0 aromatic heterocycles. The van der Waals surface area contributed by atoms with Crippen molar-refractivity contribution in [3.63, 3.8) is 0 Å². The fraction of sp³-hybridized carbons (Fsp3) is 0.867. The molecule has 0 heterocycles. The molecule has 0 aliphatic heterocycles. The Morgan fingerprint density at radius 2 is 2.00 bits per heavy atom. The van der Waals surface area contributed by atoms with Crippen LogP contribution in [0, 0.1) is 28.6 Å². The predicted molar refractivity (Wildman–Crippen MR) is 64.6 cm³/mol. The average molecular weight is 204 g/mol. The zero-order valence-corrected chi connectivity index (χ0v) is 10.5. The molecule has 0 saturated heterocycles. The van der Waals surface area contributed by atoms with Crippen molar-refractivity contribution in [3.05, 3.63) is 12.2 Å². The number of allylic oxidation sites excluding steroid dienone is 1. The van der Waals surface area contributed by atoms with E-state index in [-0.39, 0.29) is 0 Å². The third-order valence-corrected chi connectivity index (χ3v) is 6.35. The predicted octanol–water partition coefficient (Wildman–Crippen LogP) is 4.42. The minimum absolute atomic E-state index is 0.540. The Kier molecular flexibility index (Phi) is 1.79. The van der Waals surface area contributed by atoms with E-state index in [9.17, 15) is 0 Å². The summed E-state index contributed by atoms with van der Waals surface area (Å²) in [5.74, 6) is 2.79. The molecular formula is C15H24. The largest absolute Gasteiger partial charge is 0.0996 e. The number of hydrogen-bond acceptors (Lipinski definition) is 0. The third-order valence-electron chi connectivity index (χ3n) is 6.35. The van der Waals surface area contributed by atoms with E-state index < -0.39 is 0 Å². The summed E-state index contributed by atoms with van der Waals surface area (Å²) in [7, 11) is 0. The normalized spacial score (nSPS) is 51.9. The molecule has 3 aliphatic carbocycles. The minimum Gasteiger partial charge on any atom is -0.0996 e. The van der Waals surface area contributed by atoms with Crippen LogP contribution in [-0.4, -0.2) is 0 Å². The van der Waals surface area contributed by atoms with Gasteiger partial charge in [-0.25, -0.2) is 0 Å². The van der Waals surface area contributed by atoms with Gasteiger partial charge in [-0.2, -0.15) is 0 Å². The van der Waals surface area contributed by atoms with Gasteiger partial charge < -0.3 is 0 Å². The van der Waals surface area contributed by atoms with E-state index >= 15 is 0 Å². The Bertz CT molecular complexity index is 312. The molecule has 84 valence electrons. The highest BCUT2D eigenvalue weighted by Gasteiger charge is 2.63. The molecule has 0 aromatic rings. The summed E-state index contributed by atoms with van der Waals surface area (Å²) in [6, 6.07) is 0. The molecule has 0 unspecified atom stereocenters. The van der Waals surface area contributed by atoms with Crippen molar-refractivity contribution in [1.29, 1.82) is 0 Å². The van der Waals surface area contributed by atoms with E-state index in [0.29, 0.717) is 5.41 Å². The quantitative estimate of drug-likeness (QED) is 0.513. The SMILES string of the molecule is C=C1CC[C@]23C[C@@H]1C(C)(C)[C@H]2CC[C@@H]3C. The highest BCUT2D eigenvalue weighted by molar-refractivity contribution is 5.23. The zero-order valence-electron chi connectivity index (χ0n) is 10.5. The fourth-order valence-corrected chi connectivity index (χ4v) is 5.44. The highest BCUT2D eigenvalue weighted by Crippen LogP contribution is 2.72. The van der Waals surface area contributed by atoms with Crippen LogP contribution in [0.5, 0.6) is 0 Å². The Labute approximate surface area is 94.1 Å². The minimum atomic E-state index is 0.540. The number of fused-ring (bicyclic) bond motifs is 1. The summed E-state index contributed by atoms with van der Waals surface area (Å²) in [6.07, 6.45) is 7.18. The van der Waals surface area contributed by atoms with Gasteiger partial charge in [0.2, 0.25) is 0 Å². The van der Waals surface area contributed by atoms with E-state index in [1.165, 1.54) is 32.1 Å². The van der Waals surface area contributed by atoms with Crippen LogP contribution in [0.25, 0.3) is 0 Å². The summed E-state index contributed by atoms with van der Waals surface area (Å²) in [5, 5.41) is 0. The van der Waals surface area contributed by atoms with Crippen LogP contribution in [0.15, 0.2) is 12.2 Å². The van der Waals surface area contributed by atoms with Gasteiger partial charge in [0.15, 0.2) is 0 Å². The van der Waals surface area contributed by atoms with Crippen molar-refractivity contribution in [2.45, 2.75) is 52.9 Å². The molecule has 0 nitrogen and oxygen atoms in total. The smallest absolute Gasteiger partial charge is 0.0146 e. The molecule has 15 heavy (non-hydrogen) atoms. The Morgan fingerprint density at radius 3 is 2.73 bits per heavy atom. The van der Waals surface area contributed by atoms with Crippen molar-refractivity contribution in [1.82, 2.24) is 0 Å². The van der Waals surface area contributed by atoms with Crippen LogP contribution in [0.3, 0.4) is 0 Å². The maximum Gasteiger partial charge on any atom is -0.0146 e. The first-order valence-electron chi connectivity index (χ1n) is 6.66. The molecule has 4 atom stereocenters. The number of hydrogen-bond donors (Lipinski definition) is 0. The van der Waals surface area contributed by atoms with Gasteiger partial charge in [0.05, 0.1) is 0 Å². The lowest BCUT2D eigenvalue weighted by molar-refractivity contribution is 0.118. The molecule has 3 rings (SSSR count). The first-order chi connectivity index (χ1) is 6.98. The Morgan fingerprint density at radius 1 is 1.27 bits per heavy atom. The molecule has 0 heteroatoms. The van der Waals surface area contributed by atoms with Crippen LogP contribution >= 0.6 is 0 Å². The lowest BCUT2D eigenvalue weighted by Gasteiger charge is -2.38. The van der Waals surface area contributed by atoms with Crippen molar-refractivity contribution in [3.8, 4) is 0 Å². The van der Waals surface area contributed by atoms with E-state index in [1.807, 2.05) is 0 Å². The van der Waals surface area contributed by atoms with Gasteiger partial charge in [0.25, 0.3) is 0 Å². The molecule has 0 radical (unpaired) electrons. The van der Waals surface area contributed by atoms with Crippen molar-refractivity contribution in [2.75, 3.05) is 0 Å². The first-order valence-corrected chi connectivity index (χ1v) is 6.66. The standard InChI is InChI=1S/C15H24/c1-10-7-8-15-9-12(10)14(3,4)13(15)6-5-11(15)2/h11-13H,1,5-9H2,2-4H3/t11-,12-,13+,15+/m0/s1. The van der Waals surface area contributed by atoms with Gasteiger partial charge >= 0.3 is 0 Å². The maximum absolute atomic E-state index is 4.34. The molecule has 0 amide bonds. The summed E-state index contributed by atoms with van der Waals surface area (Å²) in [5.41, 5.74) is 2.82. The summed E-state index contributed by atoms with van der Waals surface area (Å²) >= 11 is 0. The van der Waals surface area contributed by atoms with Gasteiger partial charge in [-0.05, 0) is 60.7 Å². The Balaban J connectivity index is 2.08. The second-order valence-corrected chi connectivity index (χ2v) is 7.00. The van der Waals surface area contributed by atoms with Gasteiger partial charge in [0, 0.05) is 0 Å². The van der Waals surface area contributed by atoms with Gasteiger partial charge in [-0.15, -0.1) is 0 Å². The first kappa shape index (κ1) is 9.93. The second kappa shape index (κ2) is 2.70. The summed E-state index contributed by atoms with van der Waals surface area (Å²) in [4.78, 5) is 0. The number of rotatable bonds is 0. The van der Waals surface area contributed by atoms with Crippen molar-refractivity contribution >= 4 is 0 Å². The van der Waals surface area contributed by atoms with Crippen molar-refractivity contribution in [2.24, 2.45) is 28.6 Å². The highest BCUT2D eigenvalue weighted by atomic mass is 14.7. The third kappa shape index (κ3) is 0.990. The molecule has 1 spiro atoms. The van der Waals surface area contributed by atoms with Crippen molar-refractivity contribution < 1.29 is 0 Å². The van der Waals surface area contributed by atoms with E-state index in [2.05, 4.69) is 27.4 Å². The van der Waals surface area contributed by atoms with Gasteiger partial charge in [-0.3, -0.25) is 0 Å². The maximum atomic E-state index is 4.34. The monoisotopic (exact) mass is 204 g/mol. The van der Waals surface area contributed by atoms with E-state index in [4.69, 9.17) is 0 Å². The zero-order chi connectivity index (χ0) is 10.8. The molecule has 3 fully saturated rings. The molecule has 0 N–H and O–H groups in total. The topological polar surface area (TPSA) is 0 Å². The average Bonchev–Trinajstić information content (AvgIpc) is 2.57. The van der Waals surface area contributed by atoms with Crippen LogP contribution in [-0.2, 0) is 0 Å². The second-order valence-electron chi connectivity index (χ2n) is 7.00. The van der Waals surface area contributed by atoms with Gasteiger partial charge in [-0.1, -0.05) is 32.9 Å². The lowest BCUT2D eigenvalue weighted by Crippen LogP contribution is -2.30. The lowest BCUT2D eigenvalue weighted by atomic mass is 9.67. The van der Waals surface area contributed by atoms with E-state index in [1.54, 1.807) is 5.57 Å². The van der Waals surface area contributed by atoms with Gasteiger partial charge in [0.1, 0.15) is 0 Å². The molecule has 2 bridgehead atoms. The molecule has 3 aliphatic rings. The van der Waals surface area contributed by atoms with Crippen LogP contribution in [0.4, 0.5) is 0 Å². The summed E-state index contributed by atoms with van der Waals surface area (Å²) in [6.45, 7) is 11.9. The van der Waals surface area contributed by atoms with Crippen LogP contribution in [0.2, 0.25) is 0 Å². The summed E-state index contributed by atoms with van der Waals surface area (Å²) < 4.78 is 0. The molecule has 3 saturated carbocycles. The molecular weight excluding hydrogens is 180 g/mol. The van der Waals surface area contributed by atoms with Crippen LogP contribution < -0.4 is 0 Å². The van der Waals surface area contributed by atoms with Crippen LogP contribution in [0.1, 0.15) is 52.9 Å².